The van der Waals surface area contributed by atoms with Gasteiger partial charge in [0.05, 0.1) is 5.56 Å². The van der Waals surface area contributed by atoms with E-state index in [1.165, 1.54) is 0 Å². The highest BCUT2D eigenvalue weighted by Crippen LogP contribution is 2.10. The number of pyridine rings is 1. The van der Waals surface area contributed by atoms with Gasteiger partial charge < -0.3 is 15.1 Å². The second-order valence-electron chi connectivity index (χ2n) is 4.34. The first-order chi connectivity index (χ1) is 8.18. The molecule has 0 aromatic carbocycles. The van der Waals surface area contributed by atoms with Crippen LogP contribution in [-0.4, -0.2) is 56.1 Å². The van der Waals surface area contributed by atoms with Gasteiger partial charge in [-0.1, -0.05) is 0 Å². The molecule has 1 aliphatic heterocycles. The van der Waals surface area contributed by atoms with Crippen molar-refractivity contribution in [3.8, 4) is 0 Å². The van der Waals surface area contributed by atoms with Crippen LogP contribution >= 0.6 is 0 Å². The molecule has 2 rings (SSSR count). The van der Waals surface area contributed by atoms with Crippen molar-refractivity contribution >= 4 is 11.7 Å². The first kappa shape index (κ1) is 11.9. The van der Waals surface area contributed by atoms with E-state index < -0.39 is 0 Å². The Balaban J connectivity index is 2.08. The summed E-state index contributed by atoms with van der Waals surface area (Å²) >= 11 is 0. The number of amides is 1. The Morgan fingerprint density at radius 3 is 2.59 bits per heavy atom. The number of carbonyl (C=O) groups is 1. The summed E-state index contributed by atoms with van der Waals surface area (Å²) in [5.41, 5.74) is 0.664. The van der Waals surface area contributed by atoms with E-state index in [0.29, 0.717) is 5.56 Å². The lowest BCUT2D eigenvalue weighted by Crippen LogP contribution is -2.46. The average molecular weight is 234 g/mol. The molecule has 0 atom stereocenters. The zero-order valence-electron chi connectivity index (χ0n) is 10.3. The molecule has 0 bridgehead atoms. The van der Waals surface area contributed by atoms with Gasteiger partial charge in [-0.25, -0.2) is 4.98 Å². The average Bonchev–Trinajstić information content (AvgIpc) is 2.39. The molecular weight excluding hydrogens is 216 g/mol. The van der Waals surface area contributed by atoms with Gasteiger partial charge in [0.15, 0.2) is 0 Å². The largest absolute Gasteiger partial charge is 0.363 e. The van der Waals surface area contributed by atoms with E-state index in [2.05, 4.69) is 10.3 Å². The van der Waals surface area contributed by atoms with Crippen molar-refractivity contribution in [2.24, 2.45) is 0 Å². The fraction of sp³-hybridized carbons (Fsp3) is 0.500. The number of aromatic nitrogens is 1. The summed E-state index contributed by atoms with van der Waals surface area (Å²) in [6.45, 7) is 3.28. The van der Waals surface area contributed by atoms with Gasteiger partial charge in [-0.2, -0.15) is 0 Å². The Labute approximate surface area is 101 Å². The van der Waals surface area contributed by atoms with Gasteiger partial charge in [0.2, 0.25) is 0 Å². The van der Waals surface area contributed by atoms with Crippen LogP contribution in [-0.2, 0) is 0 Å². The number of rotatable bonds is 2. The third kappa shape index (κ3) is 2.74. The monoisotopic (exact) mass is 234 g/mol. The van der Waals surface area contributed by atoms with Crippen LogP contribution in [0.5, 0.6) is 0 Å². The van der Waals surface area contributed by atoms with E-state index in [1.807, 2.05) is 36.0 Å². The van der Waals surface area contributed by atoms with Gasteiger partial charge in [-0.05, 0) is 12.1 Å². The van der Waals surface area contributed by atoms with Crippen molar-refractivity contribution < 1.29 is 4.79 Å². The third-order valence-corrected chi connectivity index (χ3v) is 2.86. The minimum atomic E-state index is 0.0734. The zero-order chi connectivity index (χ0) is 12.3. The summed E-state index contributed by atoms with van der Waals surface area (Å²) in [4.78, 5) is 20.2. The lowest BCUT2D eigenvalue weighted by atomic mass is 10.2. The third-order valence-electron chi connectivity index (χ3n) is 2.86. The maximum Gasteiger partial charge on any atom is 0.255 e. The van der Waals surface area contributed by atoms with Crippen LogP contribution in [0.15, 0.2) is 18.3 Å². The van der Waals surface area contributed by atoms with Gasteiger partial charge in [-0.3, -0.25) is 4.79 Å². The van der Waals surface area contributed by atoms with Crippen molar-refractivity contribution in [2.75, 3.05) is 45.2 Å². The predicted molar refractivity (Wildman–Crippen MR) is 67.3 cm³/mol. The first-order valence-electron chi connectivity index (χ1n) is 5.82. The van der Waals surface area contributed by atoms with Gasteiger partial charge in [0.25, 0.3) is 5.91 Å². The Bertz CT molecular complexity index is 382. The number of anilines is 1. The molecule has 2 heterocycles. The second kappa shape index (κ2) is 5.14. The summed E-state index contributed by atoms with van der Waals surface area (Å²) in [6.07, 6.45) is 1.65. The zero-order valence-corrected chi connectivity index (χ0v) is 10.3. The normalized spacial score (nSPS) is 15.8. The molecule has 0 radical (unpaired) electrons. The molecule has 1 fully saturated rings. The van der Waals surface area contributed by atoms with Crippen LogP contribution in [0.4, 0.5) is 5.82 Å². The number of hydrogen-bond acceptors (Lipinski definition) is 4. The molecule has 5 heteroatoms. The highest BCUT2D eigenvalue weighted by molar-refractivity contribution is 5.94. The number of carbonyl (C=O) groups excluding carboxylic acids is 1. The van der Waals surface area contributed by atoms with Crippen LogP contribution in [0.2, 0.25) is 0 Å². The first-order valence-corrected chi connectivity index (χ1v) is 5.82. The number of nitrogens with zero attached hydrogens (tertiary/aromatic N) is 3. The Morgan fingerprint density at radius 2 is 2.06 bits per heavy atom. The molecule has 0 spiro atoms. The second-order valence-corrected chi connectivity index (χ2v) is 4.34. The number of piperazine rings is 1. The molecule has 92 valence electrons. The van der Waals surface area contributed by atoms with Crippen molar-refractivity contribution in [2.45, 2.75) is 0 Å². The lowest BCUT2D eigenvalue weighted by molar-refractivity contribution is 0.0735. The summed E-state index contributed by atoms with van der Waals surface area (Å²) < 4.78 is 0. The van der Waals surface area contributed by atoms with Crippen LogP contribution in [0, 0.1) is 0 Å². The smallest absolute Gasteiger partial charge is 0.255 e. The Kier molecular flexibility index (Phi) is 3.58. The highest BCUT2D eigenvalue weighted by Gasteiger charge is 2.17. The van der Waals surface area contributed by atoms with Crippen LogP contribution in [0.3, 0.4) is 0 Å². The van der Waals surface area contributed by atoms with E-state index in [0.717, 1.165) is 32.0 Å². The fourth-order valence-electron chi connectivity index (χ4n) is 1.83. The van der Waals surface area contributed by atoms with Crippen molar-refractivity contribution in [3.63, 3.8) is 0 Å². The molecule has 5 nitrogen and oxygen atoms in total. The van der Waals surface area contributed by atoms with E-state index in [9.17, 15) is 4.79 Å². The molecule has 0 aliphatic carbocycles. The van der Waals surface area contributed by atoms with Crippen LogP contribution in [0.25, 0.3) is 0 Å². The molecular formula is C12H18N4O. The van der Waals surface area contributed by atoms with Crippen LogP contribution < -0.4 is 10.2 Å². The van der Waals surface area contributed by atoms with Gasteiger partial charge in [-0.15, -0.1) is 0 Å². The topological polar surface area (TPSA) is 48.5 Å². The van der Waals surface area contributed by atoms with Gasteiger partial charge in [0.1, 0.15) is 5.82 Å². The van der Waals surface area contributed by atoms with E-state index in [4.69, 9.17) is 0 Å². The molecule has 1 saturated heterocycles. The summed E-state index contributed by atoms with van der Waals surface area (Å²) in [5, 5.41) is 3.23. The molecule has 1 aromatic rings. The van der Waals surface area contributed by atoms with Gasteiger partial charge >= 0.3 is 0 Å². The van der Waals surface area contributed by atoms with E-state index in [-0.39, 0.29) is 5.91 Å². The molecule has 1 N–H and O–H groups in total. The predicted octanol–water partition coefficient (Wildman–Crippen LogP) is 0.193. The minimum Gasteiger partial charge on any atom is -0.363 e. The molecule has 1 aliphatic rings. The molecule has 17 heavy (non-hydrogen) atoms. The molecule has 1 aromatic heterocycles. The van der Waals surface area contributed by atoms with Gasteiger partial charge in [0, 0.05) is 46.5 Å². The minimum absolute atomic E-state index is 0.0734. The summed E-state index contributed by atoms with van der Waals surface area (Å²) in [7, 11) is 3.86. The lowest BCUT2D eigenvalue weighted by Gasteiger charge is -2.27. The molecule has 0 saturated carbocycles. The Hall–Kier alpha value is -1.62. The van der Waals surface area contributed by atoms with Crippen molar-refractivity contribution in [1.29, 1.82) is 0 Å². The number of hydrogen-bond donors (Lipinski definition) is 1. The molecule has 0 unspecified atom stereocenters. The highest BCUT2D eigenvalue weighted by atomic mass is 16.2. The Morgan fingerprint density at radius 1 is 1.35 bits per heavy atom. The quantitative estimate of drug-likeness (QED) is 0.794. The van der Waals surface area contributed by atoms with E-state index >= 15 is 0 Å². The number of nitrogens with one attached hydrogen (secondary N) is 1. The maximum atomic E-state index is 12.1. The molecule has 1 amide bonds. The summed E-state index contributed by atoms with van der Waals surface area (Å²) in [5.74, 6) is 0.936. The standard InChI is InChI=1S/C12H18N4O/c1-15(2)11-4-3-10(9-14-11)12(17)16-7-5-13-6-8-16/h3-4,9,13H,5-8H2,1-2H3. The summed E-state index contributed by atoms with van der Waals surface area (Å²) in [6, 6.07) is 3.71. The fourth-order valence-corrected chi connectivity index (χ4v) is 1.83. The van der Waals surface area contributed by atoms with E-state index in [1.54, 1.807) is 6.20 Å². The van der Waals surface area contributed by atoms with Crippen molar-refractivity contribution in [3.05, 3.63) is 23.9 Å². The van der Waals surface area contributed by atoms with Crippen molar-refractivity contribution in [1.82, 2.24) is 15.2 Å². The SMILES string of the molecule is CN(C)c1ccc(C(=O)N2CCNCC2)cn1. The van der Waals surface area contributed by atoms with Crippen LogP contribution in [0.1, 0.15) is 10.4 Å². The maximum absolute atomic E-state index is 12.1.